The van der Waals surface area contributed by atoms with E-state index in [1.807, 2.05) is 0 Å². The average Bonchev–Trinajstić information content (AvgIpc) is 2.60. The molecule has 0 spiro atoms. The van der Waals surface area contributed by atoms with Gasteiger partial charge < -0.3 is 24.8 Å². The van der Waals surface area contributed by atoms with E-state index < -0.39 is 29.8 Å². The van der Waals surface area contributed by atoms with Crippen LogP contribution in [0.4, 0.5) is 5.69 Å². The molecule has 1 aromatic carbocycles. The zero-order chi connectivity index (χ0) is 17.7. The van der Waals surface area contributed by atoms with E-state index >= 15 is 0 Å². The molecule has 1 unspecified atom stereocenters. The number of carbonyl (C=O) groups is 4. The van der Waals surface area contributed by atoms with Crippen LogP contribution in [0.5, 0.6) is 0 Å². The van der Waals surface area contributed by atoms with Crippen LogP contribution in [0.15, 0.2) is 18.2 Å². The van der Waals surface area contributed by atoms with Crippen LogP contribution in [0, 0.1) is 0 Å². The van der Waals surface area contributed by atoms with Gasteiger partial charge in [0.1, 0.15) is 12.6 Å². The molecule has 0 aliphatic carbocycles. The number of amides is 2. The van der Waals surface area contributed by atoms with Crippen molar-refractivity contribution >= 4 is 29.4 Å². The van der Waals surface area contributed by atoms with Gasteiger partial charge in [0.2, 0.25) is 11.8 Å². The third kappa shape index (κ3) is 3.87. The van der Waals surface area contributed by atoms with Crippen molar-refractivity contribution in [2.75, 3.05) is 32.8 Å². The van der Waals surface area contributed by atoms with Crippen molar-refractivity contribution in [2.24, 2.45) is 0 Å². The van der Waals surface area contributed by atoms with Crippen LogP contribution in [-0.4, -0.2) is 57.2 Å². The quantitative estimate of drug-likeness (QED) is 0.725. The van der Waals surface area contributed by atoms with Gasteiger partial charge in [-0.2, -0.15) is 0 Å². The minimum absolute atomic E-state index is 0.00181. The normalized spacial score (nSPS) is 16.8. The van der Waals surface area contributed by atoms with Crippen LogP contribution in [0.3, 0.4) is 0 Å². The SMILES string of the molecule is COC(=O)c1ccc(C(=O)OC)c(NC(=O)C2COCC(=O)N2)c1. The van der Waals surface area contributed by atoms with Crippen molar-refractivity contribution < 1.29 is 33.4 Å². The van der Waals surface area contributed by atoms with E-state index in [0.717, 1.165) is 0 Å². The molecule has 0 radical (unpaired) electrons. The maximum Gasteiger partial charge on any atom is 0.339 e. The molecule has 9 heteroatoms. The first kappa shape index (κ1) is 17.4. The topological polar surface area (TPSA) is 120 Å². The highest BCUT2D eigenvalue weighted by atomic mass is 16.5. The van der Waals surface area contributed by atoms with Crippen molar-refractivity contribution in [1.29, 1.82) is 0 Å². The highest BCUT2D eigenvalue weighted by Gasteiger charge is 2.27. The number of methoxy groups -OCH3 is 2. The molecular formula is C15H16N2O7. The summed E-state index contributed by atoms with van der Waals surface area (Å²) in [6.07, 6.45) is 0. The van der Waals surface area contributed by atoms with Crippen LogP contribution in [0.25, 0.3) is 0 Å². The Hall–Kier alpha value is -2.94. The molecule has 128 valence electrons. The van der Waals surface area contributed by atoms with Gasteiger partial charge in [-0.05, 0) is 18.2 Å². The summed E-state index contributed by atoms with van der Waals surface area (Å²) in [6.45, 7) is -0.114. The highest BCUT2D eigenvalue weighted by molar-refractivity contribution is 6.05. The fourth-order valence-corrected chi connectivity index (χ4v) is 2.09. The number of carbonyl (C=O) groups excluding carboxylic acids is 4. The molecule has 1 fully saturated rings. The second-order valence-electron chi connectivity index (χ2n) is 4.87. The Morgan fingerprint density at radius 3 is 2.54 bits per heavy atom. The summed E-state index contributed by atoms with van der Waals surface area (Å²) >= 11 is 0. The first-order chi connectivity index (χ1) is 11.5. The summed E-state index contributed by atoms with van der Waals surface area (Å²) < 4.78 is 14.2. The molecule has 2 rings (SSSR count). The smallest absolute Gasteiger partial charge is 0.339 e. The Labute approximate surface area is 137 Å². The van der Waals surface area contributed by atoms with Gasteiger partial charge in [-0.3, -0.25) is 9.59 Å². The van der Waals surface area contributed by atoms with Crippen molar-refractivity contribution in [3.8, 4) is 0 Å². The van der Waals surface area contributed by atoms with E-state index in [4.69, 9.17) is 4.74 Å². The van der Waals surface area contributed by atoms with Gasteiger partial charge >= 0.3 is 11.9 Å². The maximum atomic E-state index is 12.3. The molecule has 1 aliphatic heterocycles. The molecule has 2 N–H and O–H groups in total. The first-order valence-corrected chi connectivity index (χ1v) is 6.95. The monoisotopic (exact) mass is 336 g/mol. The molecule has 1 aliphatic rings. The lowest BCUT2D eigenvalue weighted by atomic mass is 10.1. The summed E-state index contributed by atoms with van der Waals surface area (Å²) in [6, 6.07) is 3.10. The van der Waals surface area contributed by atoms with E-state index in [1.54, 1.807) is 0 Å². The van der Waals surface area contributed by atoms with Crippen molar-refractivity contribution in [3.05, 3.63) is 29.3 Å². The van der Waals surface area contributed by atoms with Crippen LogP contribution in [0.2, 0.25) is 0 Å². The van der Waals surface area contributed by atoms with Crippen molar-refractivity contribution in [2.45, 2.75) is 6.04 Å². The Bertz CT molecular complexity index is 686. The zero-order valence-corrected chi connectivity index (χ0v) is 13.1. The predicted molar refractivity (Wildman–Crippen MR) is 80.5 cm³/mol. The van der Waals surface area contributed by atoms with Gasteiger partial charge in [0, 0.05) is 0 Å². The Morgan fingerprint density at radius 1 is 1.21 bits per heavy atom. The second-order valence-corrected chi connectivity index (χ2v) is 4.87. The molecule has 0 aromatic heterocycles. The first-order valence-electron chi connectivity index (χ1n) is 6.95. The molecule has 0 bridgehead atoms. The minimum Gasteiger partial charge on any atom is -0.465 e. The van der Waals surface area contributed by atoms with Gasteiger partial charge in [0.25, 0.3) is 0 Å². The van der Waals surface area contributed by atoms with Gasteiger partial charge in [-0.25, -0.2) is 9.59 Å². The minimum atomic E-state index is -0.904. The largest absolute Gasteiger partial charge is 0.465 e. The standard InChI is InChI=1S/C15H16N2O7/c1-22-14(20)8-3-4-9(15(21)23-2)10(5-8)17-13(19)11-6-24-7-12(18)16-11/h3-5,11H,6-7H2,1-2H3,(H,16,18)(H,17,19). The summed E-state index contributed by atoms with van der Waals surface area (Å²) in [7, 11) is 2.40. The van der Waals surface area contributed by atoms with Crippen molar-refractivity contribution in [3.63, 3.8) is 0 Å². The third-order valence-electron chi connectivity index (χ3n) is 3.27. The number of nitrogens with one attached hydrogen (secondary N) is 2. The van der Waals surface area contributed by atoms with Crippen LogP contribution in [0.1, 0.15) is 20.7 Å². The Balaban J connectivity index is 2.28. The highest BCUT2D eigenvalue weighted by Crippen LogP contribution is 2.20. The molecule has 2 amide bonds. The maximum absolute atomic E-state index is 12.3. The fourth-order valence-electron chi connectivity index (χ4n) is 2.09. The zero-order valence-electron chi connectivity index (χ0n) is 13.1. The van der Waals surface area contributed by atoms with Gasteiger partial charge in [0.05, 0.1) is 37.6 Å². The molecule has 9 nitrogen and oxygen atoms in total. The molecule has 1 aromatic rings. The number of rotatable bonds is 4. The summed E-state index contributed by atoms with van der Waals surface area (Å²) in [4.78, 5) is 47.0. The second kappa shape index (κ2) is 7.55. The van der Waals surface area contributed by atoms with Gasteiger partial charge in [-0.15, -0.1) is 0 Å². The number of hydrogen-bond acceptors (Lipinski definition) is 7. The average molecular weight is 336 g/mol. The number of benzene rings is 1. The van der Waals surface area contributed by atoms with Crippen LogP contribution in [-0.2, 0) is 23.8 Å². The Kier molecular flexibility index (Phi) is 5.48. The van der Waals surface area contributed by atoms with E-state index in [9.17, 15) is 19.2 Å². The van der Waals surface area contributed by atoms with Crippen molar-refractivity contribution in [1.82, 2.24) is 5.32 Å². The lowest BCUT2D eigenvalue weighted by Crippen LogP contribution is -2.52. The molecule has 1 atom stereocenters. The Morgan fingerprint density at radius 2 is 1.92 bits per heavy atom. The van der Waals surface area contributed by atoms with Gasteiger partial charge in [0.15, 0.2) is 0 Å². The molecule has 24 heavy (non-hydrogen) atoms. The van der Waals surface area contributed by atoms with E-state index in [0.29, 0.717) is 0 Å². The predicted octanol–water partition coefficient (Wildman–Crippen LogP) is -0.287. The van der Waals surface area contributed by atoms with E-state index in [1.165, 1.54) is 32.4 Å². The van der Waals surface area contributed by atoms with E-state index in [2.05, 4.69) is 20.1 Å². The molecule has 1 saturated heterocycles. The summed E-state index contributed by atoms with van der Waals surface area (Å²) in [5, 5.41) is 4.96. The summed E-state index contributed by atoms with van der Waals surface area (Å²) in [5.74, 6) is -2.32. The number of anilines is 1. The van der Waals surface area contributed by atoms with Gasteiger partial charge in [-0.1, -0.05) is 0 Å². The number of hydrogen-bond donors (Lipinski definition) is 2. The number of morpholine rings is 1. The fraction of sp³-hybridized carbons (Fsp3) is 0.333. The van der Waals surface area contributed by atoms with E-state index in [-0.39, 0.29) is 30.0 Å². The number of esters is 2. The molecule has 1 heterocycles. The molecular weight excluding hydrogens is 320 g/mol. The lowest BCUT2D eigenvalue weighted by Gasteiger charge is -2.23. The van der Waals surface area contributed by atoms with Crippen LogP contribution >= 0.6 is 0 Å². The number of ether oxygens (including phenoxy) is 3. The molecule has 0 saturated carbocycles. The third-order valence-corrected chi connectivity index (χ3v) is 3.27. The summed E-state index contributed by atoms with van der Waals surface area (Å²) in [5.41, 5.74) is 0.264. The lowest BCUT2D eigenvalue weighted by molar-refractivity contribution is -0.136. The van der Waals surface area contributed by atoms with Crippen LogP contribution < -0.4 is 10.6 Å².